The van der Waals surface area contributed by atoms with Crippen LogP contribution in [0.3, 0.4) is 0 Å². The maximum absolute atomic E-state index is 10.6. The Hall–Kier alpha value is -0.580. The van der Waals surface area contributed by atoms with Crippen molar-refractivity contribution in [2.45, 2.75) is 5.38 Å². The van der Waals surface area contributed by atoms with Crippen LogP contribution in [0.2, 0.25) is 0 Å². The van der Waals surface area contributed by atoms with Crippen LogP contribution in [0.1, 0.15) is 10.3 Å². The molecule has 16 heavy (non-hydrogen) atoms. The van der Waals surface area contributed by atoms with E-state index in [1.807, 2.05) is 11.0 Å². The van der Waals surface area contributed by atoms with Crippen LogP contribution in [0.15, 0.2) is 17.5 Å². The van der Waals surface area contributed by atoms with Gasteiger partial charge in [0.1, 0.15) is 0 Å². The monoisotopic (exact) mass is 258 g/mol. The van der Waals surface area contributed by atoms with Gasteiger partial charge in [-0.1, -0.05) is 6.07 Å². The number of alkyl halides is 1. The molecule has 88 valence electrons. The molecule has 0 radical (unpaired) electrons. The van der Waals surface area contributed by atoms with E-state index >= 15 is 0 Å². The maximum atomic E-state index is 10.6. The fourth-order valence-corrected chi connectivity index (χ4v) is 2.95. The molecule has 1 aromatic heterocycles. The fourth-order valence-electron chi connectivity index (χ4n) is 1.84. The first-order valence-electron chi connectivity index (χ1n) is 5.39. The van der Waals surface area contributed by atoms with E-state index in [1.165, 1.54) is 4.88 Å². The van der Waals surface area contributed by atoms with Gasteiger partial charge in [0.15, 0.2) is 0 Å². The number of rotatable bonds is 4. The molecule has 0 saturated carbocycles. The van der Waals surface area contributed by atoms with Gasteiger partial charge in [-0.15, -0.1) is 22.9 Å². The highest BCUT2D eigenvalue weighted by molar-refractivity contribution is 7.10. The Bertz CT molecular complexity index is 323. The molecule has 0 spiro atoms. The van der Waals surface area contributed by atoms with Crippen LogP contribution in [0, 0.1) is 0 Å². The maximum Gasteiger partial charge on any atom is 0.209 e. The Morgan fingerprint density at radius 3 is 2.75 bits per heavy atom. The number of carbonyl (C=O) groups is 1. The molecule has 1 fully saturated rings. The van der Waals surface area contributed by atoms with E-state index in [-0.39, 0.29) is 5.38 Å². The quantitative estimate of drug-likeness (QED) is 0.607. The van der Waals surface area contributed by atoms with Crippen LogP contribution in [0.4, 0.5) is 0 Å². The molecular weight excluding hydrogens is 244 g/mol. The van der Waals surface area contributed by atoms with Crippen LogP contribution in [0.5, 0.6) is 0 Å². The second-order valence-electron chi connectivity index (χ2n) is 3.92. The van der Waals surface area contributed by atoms with Crippen molar-refractivity contribution in [3.63, 3.8) is 0 Å². The van der Waals surface area contributed by atoms with Gasteiger partial charge in [-0.2, -0.15) is 0 Å². The molecule has 0 aliphatic carbocycles. The Morgan fingerprint density at radius 1 is 1.44 bits per heavy atom. The van der Waals surface area contributed by atoms with Crippen molar-refractivity contribution in [1.29, 1.82) is 0 Å². The lowest BCUT2D eigenvalue weighted by Gasteiger charge is -2.33. The van der Waals surface area contributed by atoms with Crippen LogP contribution in [-0.4, -0.2) is 48.9 Å². The average molecular weight is 259 g/mol. The summed E-state index contributed by atoms with van der Waals surface area (Å²) in [6.45, 7) is 4.35. The number of hydrogen-bond acceptors (Lipinski definition) is 3. The average Bonchev–Trinajstić information content (AvgIpc) is 2.83. The van der Waals surface area contributed by atoms with Crippen LogP contribution in [-0.2, 0) is 4.79 Å². The van der Waals surface area contributed by atoms with Gasteiger partial charge in [0, 0.05) is 37.6 Å². The summed E-state index contributed by atoms with van der Waals surface area (Å²) in [6.07, 6.45) is 0.925. The van der Waals surface area contributed by atoms with Gasteiger partial charge in [0.25, 0.3) is 0 Å². The van der Waals surface area contributed by atoms with Gasteiger partial charge >= 0.3 is 0 Å². The van der Waals surface area contributed by atoms with Gasteiger partial charge in [-0.05, 0) is 11.4 Å². The molecule has 0 aromatic carbocycles. The van der Waals surface area contributed by atoms with Gasteiger partial charge in [-0.3, -0.25) is 9.69 Å². The minimum atomic E-state index is 0.0720. The molecule has 2 rings (SSSR count). The summed E-state index contributed by atoms with van der Waals surface area (Å²) in [4.78, 5) is 15.9. The summed E-state index contributed by atoms with van der Waals surface area (Å²) in [7, 11) is 0. The number of nitrogens with zero attached hydrogens (tertiary/aromatic N) is 2. The second-order valence-corrected chi connectivity index (χ2v) is 5.43. The van der Waals surface area contributed by atoms with Gasteiger partial charge < -0.3 is 4.90 Å². The normalized spacial score (nSPS) is 19.7. The minimum absolute atomic E-state index is 0.0720. The lowest BCUT2D eigenvalue weighted by atomic mass is 10.2. The van der Waals surface area contributed by atoms with Crippen molar-refractivity contribution in [2.24, 2.45) is 0 Å². The van der Waals surface area contributed by atoms with E-state index in [2.05, 4.69) is 16.3 Å². The summed E-state index contributed by atoms with van der Waals surface area (Å²) >= 11 is 8.04. The van der Waals surface area contributed by atoms with Gasteiger partial charge in [0.2, 0.25) is 6.41 Å². The SMILES string of the molecule is O=CN1CCN(CC(Cl)c2cccs2)CC1. The van der Waals surface area contributed by atoms with E-state index in [9.17, 15) is 4.79 Å². The molecule has 1 aliphatic heterocycles. The van der Waals surface area contributed by atoms with Crippen molar-refractivity contribution in [2.75, 3.05) is 32.7 Å². The second kappa shape index (κ2) is 5.66. The van der Waals surface area contributed by atoms with Crippen molar-refractivity contribution in [3.8, 4) is 0 Å². The van der Waals surface area contributed by atoms with Crippen molar-refractivity contribution >= 4 is 29.3 Å². The fraction of sp³-hybridized carbons (Fsp3) is 0.545. The summed E-state index contributed by atoms with van der Waals surface area (Å²) in [5.41, 5.74) is 0. The third-order valence-electron chi connectivity index (χ3n) is 2.83. The van der Waals surface area contributed by atoms with Gasteiger partial charge in [-0.25, -0.2) is 0 Å². The molecule has 1 aromatic rings. The van der Waals surface area contributed by atoms with Crippen LogP contribution >= 0.6 is 22.9 Å². The molecule has 1 atom stereocenters. The molecule has 3 nitrogen and oxygen atoms in total. The van der Waals surface area contributed by atoms with E-state index < -0.39 is 0 Å². The highest BCUT2D eigenvalue weighted by Crippen LogP contribution is 2.26. The lowest BCUT2D eigenvalue weighted by molar-refractivity contribution is -0.119. The molecule has 0 bridgehead atoms. The summed E-state index contributed by atoms with van der Waals surface area (Å²) in [5, 5.41) is 2.12. The first-order valence-corrected chi connectivity index (χ1v) is 6.70. The molecular formula is C11H15ClN2OS. The van der Waals surface area contributed by atoms with Crippen molar-refractivity contribution in [3.05, 3.63) is 22.4 Å². The predicted octanol–water partition coefficient (Wildman–Crippen LogP) is 1.80. The molecule has 0 N–H and O–H groups in total. The lowest BCUT2D eigenvalue weighted by Crippen LogP contribution is -2.46. The predicted molar refractivity (Wildman–Crippen MR) is 67.0 cm³/mol. The van der Waals surface area contributed by atoms with E-state index in [1.54, 1.807) is 11.3 Å². The highest BCUT2D eigenvalue weighted by Gasteiger charge is 2.19. The van der Waals surface area contributed by atoms with Gasteiger partial charge in [0.05, 0.1) is 5.38 Å². The number of amides is 1. The first kappa shape index (κ1) is 11.9. The standard InChI is InChI=1S/C11H15ClN2OS/c12-10(11-2-1-7-16-11)8-13-3-5-14(9-15)6-4-13/h1-2,7,9-10H,3-6,8H2. The van der Waals surface area contributed by atoms with Crippen LogP contribution < -0.4 is 0 Å². The Kier molecular flexibility index (Phi) is 4.21. The summed E-state index contributed by atoms with van der Waals surface area (Å²) < 4.78 is 0. The molecule has 1 aliphatic rings. The zero-order valence-corrected chi connectivity index (χ0v) is 10.6. The first-order chi connectivity index (χ1) is 7.79. The zero-order chi connectivity index (χ0) is 11.4. The molecule has 1 saturated heterocycles. The number of halogens is 1. The van der Waals surface area contributed by atoms with E-state index in [4.69, 9.17) is 11.6 Å². The largest absolute Gasteiger partial charge is 0.343 e. The van der Waals surface area contributed by atoms with E-state index in [0.717, 1.165) is 39.1 Å². The number of piperazine rings is 1. The third-order valence-corrected chi connectivity index (χ3v) is 4.31. The highest BCUT2D eigenvalue weighted by atomic mass is 35.5. The molecule has 1 amide bonds. The third kappa shape index (κ3) is 2.97. The van der Waals surface area contributed by atoms with Crippen molar-refractivity contribution < 1.29 is 4.79 Å². The number of thiophene rings is 1. The molecule has 5 heteroatoms. The molecule has 1 unspecified atom stereocenters. The number of hydrogen-bond donors (Lipinski definition) is 0. The Labute approximate surface area is 105 Å². The van der Waals surface area contributed by atoms with Crippen molar-refractivity contribution in [1.82, 2.24) is 9.80 Å². The van der Waals surface area contributed by atoms with E-state index in [0.29, 0.717) is 0 Å². The Balaban J connectivity index is 1.80. The summed E-state index contributed by atoms with van der Waals surface area (Å²) in [6, 6.07) is 4.10. The smallest absolute Gasteiger partial charge is 0.209 e. The minimum Gasteiger partial charge on any atom is -0.343 e. The van der Waals surface area contributed by atoms with Crippen LogP contribution in [0.25, 0.3) is 0 Å². The topological polar surface area (TPSA) is 23.6 Å². The zero-order valence-electron chi connectivity index (χ0n) is 9.01. The molecule has 2 heterocycles. The summed E-state index contributed by atoms with van der Waals surface area (Å²) in [5.74, 6) is 0. The number of carbonyl (C=O) groups excluding carboxylic acids is 1. The Morgan fingerprint density at radius 2 is 2.19 bits per heavy atom.